The van der Waals surface area contributed by atoms with Crippen LogP contribution in [-0.4, -0.2) is 49.7 Å². The minimum absolute atomic E-state index is 0.193. The van der Waals surface area contributed by atoms with E-state index >= 15 is 0 Å². The summed E-state index contributed by atoms with van der Waals surface area (Å²) in [6, 6.07) is 0.452. The largest absolute Gasteiger partial charge is 0.468 e. The van der Waals surface area contributed by atoms with E-state index in [2.05, 4.69) is 24.1 Å². The highest BCUT2D eigenvalue weighted by Gasteiger charge is 2.37. The molecule has 0 spiro atoms. The highest BCUT2D eigenvalue weighted by molar-refractivity contribution is 5.80. The molecule has 0 saturated heterocycles. The number of likely N-dealkylation sites (N-methyl/N-ethyl adjacent to an activating group) is 1. The Morgan fingerprint density at radius 3 is 2.47 bits per heavy atom. The van der Waals surface area contributed by atoms with Crippen molar-refractivity contribution in [2.45, 2.75) is 45.2 Å². The number of hydrogen-bond acceptors (Lipinski definition) is 4. The highest BCUT2D eigenvalue weighted by Crippen LogP contribution is 2.30. The van der Waals surface area contributed by atoms with E-state index in [1.54, 1.807) is 0 Å². The number of nitrogens with one attached hydrogen (secondary N) is 1. The molecule has 4 heteroatoms. The normalized spacial score (nSPS) is 19.5. The minimum Gasteiger partial charge on any atom is -0.468 e. The maximum absolute atomic E-state index is 11.8. The van der Waals surface area contributed by atoms with Crippen LogP contribution in [0.25, 0.3) is 0 Å². The third-order valence-corrected chi connectivity index (χ3v) is 3.63. The van der Waals surface area contributed by atoms with Gasteiger partial charge in [-0.15, -0.1) is 0 Å². The lowest BCUT2D eigenvalue weighted by atomic mass is 10.0. The van der Waals surface area contributed by atoms with Crippen LogP contribution in [-0.2, 0) is 9.53 Å². The Balaban J connectivity index is 2.64. The molecule has 1 saturated carbocycles. The maximum Gasteiger partial charge on any atom is 0.327 e. The summed E-state index contributed by atoms with van der Waals surface area (Å²) < 4.78 is 4.88. The molecule has 4 nitrogen and oxygen atoms in total. The summed E-state index contributed by atoms with van der Waals surface area (Å²) in [6.07, 6.45) is 2.66. The van der Waals surface area contributed by atoms with Crippen molar-refractivity contribution in [1.29, 1.82) is 0 Å². The SMILES string of the molecule is CNC(C)(CN(CC1CC1)C(C)C)C(=O)OC. The molecular formula is C13H26N2O2. The number of esters is 1. The van der Waals surface area contributed by atoms with Crippen LogP contribution in [0.5, 0.6) is 0 Å². The van der Waals surface area contributed by atoms with E-state index in [0.717, 1.165) is 12.5 Å². The molecule has 1 aliphatic rings. The molecule has 0 bridgehead atoms. The predicted molar refractivity (Wildman–Crippen MR) is 68.9 cm³/mol. The van der Waals surface area contributed by atoms with Gasteiger partial charge in [0.25, 0.3) is 0 Å². The molecule has 1 atom stereocenters. The predicted octanol–water partition coefficient (Wildman–Crippen LogP) is 1.26. The zero-order valence-electron chi connectivity index (χ0n) is 11.7. The van der Waals surface area contributed by atoms with Crippen molar-refractivity contribution in [1.82, 2.24) is 10.2 Å². The average molecular weight is 242 g/mol. The molecule has 100 valence electrons. The third-order valence-electron chi connectivity index (χ3n) is 3.63. The summed E-state index contributed by atoms with van der Waals surface area (Å²) >= 11 is 0. The van der Waals surface area contributed by atoms with Crippen molar-refractivity contribution in [3.8, 4) is 0 Å². The Hall–Kier alpha value is -0.610. The fraction of sp³-hybridized carbons (Fsp3) is 0.923. The first-order valence-electron chi connectivity index (χ1n) is 6.44. The van der Waals surface area contributed by atoms with Crippen LogP contribution in [0.1, 0.15) is 33.6 Å². The van der Waals surface area contributed by atoms with Crippen molar-refractivity contribution >= 4 is 5.97 Å². The molecule has 17 heavy (non-hydrogen) atoms. The van der Waals surface area contributed by atoms with Gasteiger partial charge >= 0.3 is 5.97 Å². The molecule has 1 unspecified atom stereocenters. The van der Waals surface area contributed by atoms with E-state index < -0.39 is 5.54 Å². The van der Waals surface area contributed by atoms with Crippen molar-refractivity contribution in [3.05, 3.63) is 0 Å². The number of ether oxygens (including phenoxy) is 1. The molecule has 0 heterocycles. The molecular weight excluding hydrogens is 216 g/mol. The number of carbonyl (C=O) groups excluding carboxylic acids is 1. The lowest BCUT2D eigenvalue weighted by molar-refractivity contribution is -0.148. The zero-order chi connectivity index (χ0) is 13.1. The van der Waals surface area contributed by atoms with Crippen molar-refractivity contribution in [3.63, 3.8) is 0 Å². The van der Waals surface area contributed by atoms with E-state index in [-0.39, 0.29) is 5.97 Å². The molecule has 1 rings (SSSR count). The summed E-state index contributed by atoms with van der Waals surface area (Å²) in [7, 11) is 3.26. The van der Waals surface area contributed by atoms with Gasteiger partial charge in [-0.3, -0.25) is 9.69 Å². The first-order valence-corrected chi connectivity index (χ1v) is 6.44. The van der Waals surface area contributed by atoms with E-state index in [1.165, 1.54) is 20.0 Å². The van der Waals surface area contributed by atoms with Crippen molar-refractivity contribution < 1.29 is 9.53 Å². The molecule has 0 radical (unpaired) electrons. The topological polar surface area (TPSA) is 41.6 Å². The Morgan fingerprint density at radius 2 is 2.12 bits per heavy atom. The van der Waals surface area contributed by atoms with Gasteiger partial charge in [-0.1, -0.05) is 0 Å². The molecule has 0 amide bonds. The Labute approximate surface area is 105 Å². The van der Waals surface area contributed by atoms with Crippen LogP contribution in [0.15, 0.2) is 0 Å². The van der Waals surface area contributed by atoms with Crippen molar-refractivity contribution in [2.75, 3.05) is 27.2 Å². The van der Waals surface area contributed by atoms with Gasteiger partial charge in [-0.2, -0.15) is 0 Å². The second-order valence-corrected chi connectivity index (χ2v) is 5.54. The molecule has 0 aromatic heterocycles. The Morgan fingerprint density at radius 1 is 1.53 bits per heavy atom. The number of rotatable bonds is 7. The van der Waals surface area contributed by atoms with Gasteiger partial charge in [-0.05, 0) is 46.6 Å². The molecule has 1 aliphatic carbocycles. The first kappa shape index (κ1) is 14.5. The van der Waals surface area contributed by atoms with Gasteiger partial charge in [0, 0.05) is 19.1 Å². The number of methoxy groups -OCH3 is 1. The van der Waals surface area contributed by atoms with Crippen molar-refractivity contribution in [2.24, 2.45) is 5.92 Å². The zero-order valence-corrected chi connectivity index (χ0v) is 11.7. The summed E-state index contributed by atoms with van der Waals surface area (Å²) in [5.41, 5.74) is -0.617. The minimum atomic E-state index is -0.617. The number of carbonyl (C=O) groups is 1. The Bertz CT molecular complexity index is 264. The van der Waals surface area contributed by atoms with Gasteiger partial charge in [0.05, 0.1) is 7.11 Å². The summed E-state index contributed by atoms with van der Waals surface area (Å²) in [5.74, 6) is 0.637. The van der Waals surface area contributed by atoms with Crippen LogP contribution in [0.3, 0.4) is 0 Å². The van der Waals surface area contributed by atoms with Gasteiger partial charge in [-0.25, -0.2) is 0 Å². The average Bonchev–Trinajstić information content (AvgIpc) is 3.10. The number of hydrogen-bond donors (Lipinski definition) is 1. The van der Waals surface area contributed by atoms with E-state index in [1.807, 2.05) is 14.0 Å². The van der Waals surface area contributed by atoms with Gasteiger partial charge in [0.2, 0.25) is 0 Å². The lowest BCUT2D eigenvalue weighted by Crippen LogP contribution is -2.57. The summed E-state index contributed by atoms with van der Waals surface area (Å²) in [4.78, 5) is 14.2. The second-order valence-electron chi connectivity index (χ2n) is 5.54. The van der Waals surface area contributed by atoms with Crippen LogP contribution >= 0.6 is 0 Å². The van der Waals surface area contributed by atoms with Gasteiger partial charge in [0.15, 0.2) is 0 Å². The summed E-state index contributed by atoms with van der Waals surface area (Å²) in [6.45, 7) is 8.04. The molecule has 0 aliphatic heterocycles. The van der Waals surface area contributed by atoms with Crippen LogP contribution in [0.2, 0.25) is 0 Å². The monoisotopic (exact) mass is 242 g/mol. The van der Waals surface area contributed by atoms with Gasteiger partial charge in [0.1, 0.15) is 5.54 Å². The summed E-state index contributed by atoms with van der Waals surface area (Å²) in [5, 5.41) is 3.09. The first-order chi connectivity index (χ1) is 7.92. The van der Waals surface area contributed by atoms with Crippen LogP contribution in [0, 0.1) is 5.92 Å². The Kier molecular flexibility index (Phi) is 4.95. The van der Waals surface area contributed by atoms with E-state index in [9.17, 15) is 4.79 Å². The van der Waals surface area contributed by atoms with Gasteiger partial charge < -0.3 is 10.1 Å². The lowest BCUT2D eigenvalue weighted by Gasteiger charge is -2.35. The molecule has 0 aromatic carbocycles. The van der Waals surface area contributed by atoms with E-state index in [0.29, 0.717) is 12.6 Å². The quantitative estimate of drug-likeness (QED) is 0.682. The highest BCUT2D eigenvalue weighted by atomic mass is 16.5. The fourth-order valence-electron chi connectivity index (χ4n) is 1.97. The second kappa shape index (κ2) is 5.83. The smallest absolute Gasteiger partial charge is 0.327 e. The maximum atomic E-state index is 11.8. The third kappa shape index (κ3) is 3.96. The fourth-order valence-corrected chi connectivity index (χ4v) is 1.97. The molecule has 1 fully saturated rings. The van der Waals surface area contributed by atoms with E-state index in [4.69, 9.17) is 4.74 Å². The van der Waals surface area contributed by atoms with Crippen LogP contribution < -0.4 is 5.32 Å². The number of nitrogens with zero attached hydrogens (tertiary/aromatic N) is 1. The molecule has 1 N–H and O–H groups in total. The molecule has 0 aromatic rings. The standard InChI is InChI=1S/C13H26N2O2/c1-10(2)15(8-11-6-7-11)9-13(3,14-4)12(16)17-5/h10-11,14H,6-9H2,1-5H3. The van der Waals surface area contributed by atoms with Crippen LogP contribution in [0.4, 0.5) is 0 Å².